The number of benzene rings is 1. The molecule has 1 saturated carbocycles. The number of nitriles is 1. The number of halogens is 1. The fraction of sp³-hybridized carbons (Fsp3) is 0.531. The SMILES string of the molecule is Br.CC(C)(C)c1cc(C(=O)CN2Cc3ccc(C4CC4)nc3C2=N)cc(N2CCC(C#N)C2)c1OCCCCC(=O)O. The fourth-order valence-corrected chi connectivity index (χ4v) is 5.63. The maximum atomic E-state index is 13.8. The molecule has 2 fully saturated rings. The summed E-state index contributed by atoms with van der Waals surface area (Å²) in [4.78, 5) is 33.4. The van der Waals surface area contributed by atoms with Gasteiger partial charge in [0.25, 0.3) is 0 Å². The quantitative estimate of drug-likeness (QED) is 0.232. The number of aromatic nitrogens is 1. The first-order chi connectivity index (χ1) is 19.5. The van der Waals surface area contributed by atoms with Crippen LogP contribution in [0, 0.1) is 22.7 Å². The van der Waals surface area contributed by atoms with Gasteiger partial charge in [0.05, 0.1) is 30.8 Å². The van der Waals surface area contributed by atoms with Crippen molar-refractivity contribution in [1.29, 1.82) is 10.7 Å². The minimum atomic E-state index is -0.822. The minimum absolute atomic E-state index is 0. The van der Waals surface area contributed by atoms with Gasteiger partial charge in [-0.3, -0.25) is 15.0 Å². The molecule has 1 aromatic heterocycles. The molecule has 2 aliphatic heterocycles. The summed E-state index contributed by atoms with van der Waals surface area (Å²) in [5.41, 5.74) is 4.62. The molecular formula is C32H40BrN5O4. The second kappa shape index (κ2) is 12.8. The van der Waals surface area contributed by atoms with Crippen molar-refractivity contribution < 1.29 is 19.4 Å². The van der Waals surface area contributed by atoms with Crippen molar-refractivity contribution in [1.82, 2.24) is 9.88 Å². The molecule has 224 valence electrons. The summed E-state index contributed by atoms with van der Waals surface area (Å²) in [5.74, 6) is 0.498. The van der Waals surface area contributed by atoms with E-state index in [1.807, 2.05) is 18.2 Å². The van der Waals surface area contributed by atoms with E-state index in [9.17, 15) is 14.9 Å². The topological polar surface area (TPSA) is 131 Å². The highest BCUT2D eigenvalue weighted by Gasteiger charge is 2.33. The van der Waals surface area contributed by atoms with E-state index >= 15 is 0 Å². The number of amidine groups is 1. The Kier molecular flexibility index (Phi) is 9.61. The van der Waals surface area contributed by atoms with Gasteiger partial charge in [-0.25, -0.2) is 4.98 Å². The van der Waals surface area contributed by atoms with Crippen molar-refractivity contribution in [2.75, 3.05) is 31.1 Å². The Hall–Kier alpha value is -3.45. The third-order valence-corrected chi connectivity index (χ3v) is 8.17. The Bertz CT molecular complexity index is 1410. The van der Waals surface area contributed by atoms with Gasteiger partial charge in [-0.1, -0.05) is 26.8 Å². The summed E-state index contributed by atoms with van der Waals surface area (Å²) in [7, 11) is 0. The van der Waals surface area contributed by atoms with Gasteiger partial charge in [-0.2, -0.15) is 5.26 Å². The van der Waals surface area contributed by atoms with Gasteiger partial charge in [0.2, 0.25) is 0 Å². The molecule has 1 atom stereocenters. The highest BCUT2D eigenvalue weighted by molar-refractivity contribution is 8.93. The van der Waals surface area contributed by atoms with Crippen LogP contribution in [-0.4, -0.2) is 58.8 Å². The first kappa shape index (κ1) is 31.5. The number of rotatable bonds is 11. The highest BCUT2D eigenvalue weighted by atomic mass is 79.9. The number of ketones is 1. The summed E-state index contributed by atoms with van der Waals surface area (Å²) < 4.78 is 6.34. The molecule has 3 heterocycles. The number of fused-ring (bicyclic) bond motifs is 1. The fourth-order valence-electron chi connectivity index (χ4n) is 5.63. The minimum Gasteiger partial charge on any atom is -0.491 e. The molecule has 0 spiro atoms. The molecule has 2 aromatic rings. The molecule has 0 bridgehead atoms. The van der Waals surface area contributed by atoms with Gasteiger partial charge in [0.1, 0.15) is 17.3 Å². The third kappa shape index (κ3) is 6.95. The number of pyridine rings is 1. The second-order valence-electron chi connectivity index (χ2n) is 12.5. The summed E-state index contributed by atoms with van der Waals surface area (Å²) in [6.45, 7) is 8.42. The number of carbonyl (C=O) groups is 2. The number of nitrogens with zero attached hydrogens (tertiary/aromatic N) is 4. The molecule has 1 aromatic carbocycles. The van der Waals surface area contributed by atoms with E-state index in [4.69, 9.17) is 20.2 Å². The van der Waals surface area contributed by atoms with Gasteiger partial charge < -0.3 is 19.6 Å². The normalized spacial score (nSPS) is 18.0. The first-order valence-electron chi connectivity index (χ1n) is 14.6. The van der Waals surface area contributed by atoms with E-state index in [0.29, 0.717) is 67.8 Å². The van der Waals surface area contributed by atoms with Crippen molar-refractivity contribution in [3.05, 3.63) is 52.3 Å². The van der Waals surface area contributed by atoms with E-state index in [1.54, 1.807) is 4.90 Å². The number of nitrogens with one attached hydrogen (secondary N) is 1. The molecule has 10 heteroatoms. The molecule has 1 aliphatic carbocycles. The maximum Gasteiger partial charge on any atom is 0.303 e. The van der Waals surface area contributed by atoms with E-state index < -0.39 is 5.97 Å². The van der Waals surface area contributed by atoms with Crippen molar-refractivity contribution >= 4 is 40.3 Å². The summed E-state index contributed by atoms with van der Waals surface area (Å²) >= 11 is 0. The van der Waals surface area contributed by atoms with Gasteiger partial charge in [-0.15, -0.1) is 17.0 Å². The zero-order chi connectivity index (χ0) is 29.3. The summed E-state index contributed by atoms with van der Waals surface area (Å²) in [5, 5.41) is 27.3. The van der Waals surface area contributed by atoms with Crippen molar-refractivity contribution in [3.8, 4) is 11.8 Å². The number of ether oxygens (including phenoxy) is 1. The maximum absolute atomic E-state index is 13.8. The van der Waals surface area contributed by atoms with Crippen LogP contribution in [0.4, 0.5) is 5.69 Å². The number of unbranched alkanes of at least 4 members (excludes halogenated alkanes) is 1. The number of aliphatic carboxylic acids is 1. The smallest absolute Gasteiger partial charge is 0.303 e. The van der Waals surface area contributed by atoms with E-state index in [1.165, 1.54) is 0 Å². The Balaban J connectivity index is 0.00000405. The van der Waals surface area contributed by atoms with E-state index in [-0.39, 0.29) is 47.1 Å². The molecular weight excluding hydrogens is 598 g/mol. The third-order valence-electron chi connectivity index (χ3n) is 8.17. The van der Waals surface area contributed by atoms with Crippen LogP contribution in [0.2, 0.25) is 0 Å². The van der Waals surface area contributed by atoms with E-state index in [0.717, 1.165) is 41.8 Å². The molecule has 5 rings (SSSR count). The van der Waals surface area contributed by atoms with Crippen LogP contribution in [0.15, 0.2) is 24.3 Å². The van der Waals surface area contributed by atoms with Crippen molar-refractivity contribution in [2.45, 2.75) is 77.2 Å². The Morgan fingerprint density at radius 3 is 2.60 bits per heavy atom. The summed E-state index contributed by atoms with van der Waals surface area (Å²) in [6.07, 6.45) is 4.26. The predicted molar refractivity (Wildman–Crippen MR) is 166 cm³/mol. The molecule has 0 amide bonds. The summed E-state index contributed by atoms with van der Waals surface area (Å²) in [6, 6.07) is 10.3. The molecule has 1 unspecified atom stereocenters. The van der Waals surface area contributed by atoms with Crippen LogP contribution < -0.4 is 9.64 Å². The standard InChI is InChI=1S/C32H39N5O4.BrH/c1-32(2,3)24-14-23(27(38)19-37-18-22-9-10-25(21-7-8-21)35-29(22)31(37)34)15-26(36-12-11-20(16-33)17-36)30(24)41-13-5-4-6-28(39)40;/h9-10,14-15,20-21,34H,4-8,11-13,17-19H2,1-3H3,(H,39,40);1H. The second-order valence-corrected chi connectivity index (χ2v) is 12.5. The van der Waals surface area contributed by atoms with Crippen LogP contribution in [0.1, 0.15) is 98.1 Å². The number of carboxylic acids is 1. The molecule has 9 nitrogen and oxygen atoms in total. The number of anilines is 1. The number of Topliss-reactive ketones (excluding diaryl/α,β-unsaturated/α-hetero) is 1. The molecule has 0 radical (unpaired) electrons. The Morgan fingerprint density at radius 1 is 1.19 bits per heavy atom. The molecule has 1 saturated heterocycles. The number of hydrogen-bond acceptors (Lipinski definition) is 7. The Morgan fingerprint density at radius 2 is 1.95 bits per heavy atom. The van der Waals surface area contributed by atoms with Gasteiger partial charge in [0.15, 0.2) is 5.78 Å². The average Bonchev–Trinajstić information content (AvgIpc) is 3.59. The van der Waals surface area contributed by atoms with Crippen LogP contribution in [0.25, 0.3) is 0 Å². The highest BCUT2D eigenvalue weighted by Crippen LogP contribution is 2.43. The zero-order valence-electron chi connectivity index (χ0n) is 24.6. The van der Waals surface area contributed by atoms with Gasteiger partial charge >= 0.3 is 5.97 Å². The van der Waals surface area contributed by atoms with Crippen molar-refractivity contribution in [3.63, 3.8) is 0 Å². The largest absolute Gasteiger partial charge is 0.491 e. The lowest BCUT2D eigenvalue weighted by molar-refractivity contribution is -0.137. The number of hydrogen-bond donors (Lipinski definition) is 2. The van der Waals surface area contributed by atoms with Crippen molar-refractivity contribution in [2.24, 2.45) is 5.92 Å². The van der Waals surface area contributed by atoms with Crippen LogP contribution in [0.5, 0.6) is 5.75 Å². The first-order valence-corrected chi connectivity index (χ1v) is 14.6. The van der Waals surface area contributed by atoms with Crippen LogP contribution in [-0.2, 0) is 16.8 Å². The van der Waals surface area contributed by atoms with Crippen LogP contribution in [0.3, 0.4) is 0 Å². The molecule has 2 N–H and O–H groups in total. The molecule has 42 heavy (non-hydrogen) atoms. The monoisotopic (exact) mass is 637 g/mol. The number of carbonyl (C=O) groups excluding carboxylic acids is 1. The zero-order valence-corrected chi connectivity index (χ0v) is 26.3. The van der Waals surface area contributed by atoms with Gasteiger partial charge in [-0.05, 0) is 55.7 Å². The lowest BCUT2D eigenvalue weighted by Crippen LogP contribution is -2.31. The average molecular weight is 639 g/mol. The lowest BCUT2D eigenvalue weighted by Gasteiger charge is -2.30. The Labute approximate surface area is 258 Å². The van der Waals surface area contributed by atoms with Gasteiger partial charge in [0, 0.05) is 54.4 Å². The number of carboxylic acid groups (broad SMARTS) is 1. The lowest BCUT2D eigenvalue weighted by atomic mass is 9.84. The van der Waals surface area contributed by atoms with Crippen LogP contribution >= 0.6 is 17.0 Å². The predicted octanol–water partition coefficient (Wildman–Crippen LogP) is 5.84. The van der Waals surface area contributed by atoms with E-state index in [2.05, 4.69) is 37.8 Å². The molecule has 3 aliphatic rings.